The SMILES string of the molecule is O=S(=O)(Cl)c1oc2ccccc2c1Cl. The second-order valence-corrected chi connectivity index (χ2v) is 5.48. The maximum Gasteiger partial charge on any atom is 0.296 e. The Bertz CT molecular complexity index is 586. The Hall–Kier alpha value is -0.710. The highest BCUT2D eigenvalue weighted by Gasteiger charge is 2.22. The Balaban J connectivity index is 2.89. The van der Waals surface area contributed by atoms with Crippen molar-refractivity contribution in [2.24, 2.45) is 0 Å². The summed E-state index contributed by atoms with van der Waals surface area (Å²) >= 11 is 5.78. The van der Waals surface area contributed by atoms with E-state index in [0.717, 1.165) is 0 Å². The van der Waals surface area contributed by atoms with E-state index >= 15 is 0 Å². The fourth-order valence-electron chi connectivity index (χ4n) is 1.15. The summed E-state index contributed by atoms with van der Waals surface area (Å²) in [5.41, 5.74) is 0.400. The molecule has 0 amide bonds. The number of hydrogen-bond donors (Lipinski definition) is 0. The molecule has 2 rings (SSSR count). The minimum absolute atomic E-state index is 0.0237. The van der Waals surface area contributed by atoms with Crippen molar-refractivity contribution in [3.05, 3.63) is 29.3 Å². The van der Waals surface area contributed by atoms with Gasteiger partial charge >= 0.3 is 0 Å². The summed E-state index contributed by atoms with van der Waals surface area (Å²) in [6, 6.07) is 6.72. The molecule has 0 radical (unpaired) electrons. The Morgan fingerprint density at radius 3 is 2.43 bits per heavy atom. The molecule has 0 saturated heterocycles. The van der Waals surface area contributed by atoms with Crippen molar-refractivity contribution in [3.8, 4) is 0 Å². The monoisotopic (exact) mass is 250 g/mol. The quantitative estimate of drug-likeness (QED) is 0.732. The van der Waals surface area contributed by atoms with Gasteiger partial charge in [-0.05, 0) is 12.1 Å². The number of fused-ring (bicyclic) bond motifs is 1. The zero-order valence-electron chi connectivity index (χ0n) is 6.70. The van der Waals surface area contributed by atoms with Gasteiger partial charge in [-0.1, -0.05) is 23.7 Å². The van der Waals surface area contributed by atoms with E-state index in [9.17, 15) is 8.42 Å². The van der Waals surface area contributed by atoms with E-state index in [1.807, 2.05) is 0 Å². The van der Waals surface area contributed by atoms with Gasteiger partial charge in [0.05, 0.1) is 0 Å². The number of rotatable bonds is 1. The predicted molar refractivity (Wildman–Crippen MR) is 54.3 cm³/mol. The van der Waals surface area contributed by atoms with Gasteiger partial charge in [-0.25, -0.2) is 8.42 Å². The van der Waals surface area contributed by atoms with Crippen LogP contribution in [0.5, 0.6) is 0 Å². The summed E-state index contributed by atoms with van der Waals surface area (Å²) < 4.78 is 27.0. The Labute approximate surface area is 89.6 Å². The van der Waals surface area contributed by atoms with Crippen LogP contribution in [-0.2, 0) is 9.05 Å². The van der Waals surface area contributed by atoms with E-state index in [1.165, 1.54) is 0 Å². The second-order valence-electron chi connectivity index (χ2n) is 2.64. The summed E-state index contributed by atoms with van der Waals surface area (Å²) in [5.74, 6) is 0. The molecule has 0 aliphatic rings. The molecule has 0 fully saturated rings. The highest BCUT2D eigenvalue weighted by Crippen LogP contribution is 2.34. The first kappa shape index (κ1) is 9.83. The van der Waals surface area contributed by atoms with E-state index in [1.54, 1.807) is 24.3 Å². The van der Waals surface area contributed by atoms with Crippen molar-refractivity contribution in [2.45, 2.75) is 5.09 Å². The number of halogens is 2. The summed E-state index contributed by atoms with van der Waals surface area (Å²) in [5, 5.41) is 0.158. The topological polar surface area (TPSA) is 47.3 Å². The summed E-state index contributed by atoms with van der Waals surface area (Å²) in [7, 11) is 1.21. The number of benzene rings is 1. The molecule has 1 aromatic heterocycles. The van der Waals surface area contributed by atoms with Crippen LogP contribution in [0.25, 0.3) is 11.0 Å². The predicted octanol–water partition coefficient (Wildman–Crippen LogP) is 3.01. The van der Waals surface area contributed by atoms with Crippen molar-refractivity contribution < 1.29 is 12.8 Å². The van der Waals surface area contributed by atoms with Crippen molar-refractivity contribution >= 4 is 42.3 Å². The molecule has 14 heavy (non-hydrogen) atoms. The lowest BCUT2D eigenvalue weighted by Gasteiger charge is -1.87. The normalized spacial score (nSPS) is 12.1. The highest BCUT2D eigenvalue weighted by atomic mass is 35.7. The van der Waals surface area contributed by atoms with Gasteiger partial charge in [-0.3, -0.25) is 0 Å². The van der Waals surface area contributed by atoms with Crippen molar-refractivity contribution in [3.63, 3.8) is 0 Å². The van der Waals surface area contributed by atoms with E-state index < -0.39 is 14.1 Å². The van der Waals surface area contributed by atoms with E-state index in [-0.39, 0.29) is 5.02 Å². The second kappa shape index (κ2) is 3.15. The molecule has 0 atom stereocenters. The Morgan fingerprint density at radius 2 is 1.86 bits per heavy atom. The van der Waals surface area contributed by atoms with Crippen LogP contribution >= 0.6 is 22.3 Å². The van der Waals surface area contributed by atoms with Crippen LogP contribution < -0.4 is 0 Å². The molecular weight excluding hydrogens is 247 g/mol. The minimum Gasteiger partial charge on any atom is -0.442 e. The van der Waals surface area contributed by atoms with Gasteiger partial charge in [0, 0.05) is 16.1 Å². The maximum atomic E-state index is 11.0. The third-order valence-electron chi connectivity index (χ3n) is 1.73. The molecule has 0 N–H and O–H groups in total. The third-order valence-corrected chi connectivity index (χ3v) is 3.36. The van der Waals surface area contributed by atoms with Crippen LogP contribution in [-0.4, -0.2) is 8.42 Å². The van der Waals surface area contributed by atoms with Crippen molar-refractivity contribution in [1.82, 2.24) is 0 Å². The first-order valence-corrected chi connectivity index (χ1v) is 6.30. The van der Waals surface area contributed by atoms with Gasteiger partial charge in [0.2, 0.25) is 0 Å². The van der Waals surface area contributed by atoms with E-state index in [0.29, 0.717) is 11.0 Å². The van der Waals surface area contributed by atoms with Crippen molar-refractivity contribution in [2.75, 3.05) is 0 Å². The number of para-hydroxylation sites is 1. The van der Waals surface area contributed by atoms with Crippen LogP contribution in [0.15, 0.2) is 33.8 Å². The Kier molecular flexibility index (Phi) is 2.21. The molecule has 0 aliphatic carbocycles. The summed E-state index contributed by atoms with van der Waals surface area (Å²) in [4.78, 5) is 0. The molecule has 0 bridgehead atoms. The van der Waals surface area contributed by atoms with Gasteiger partial charge in [0.1, 0.15) is 10.6 Å². The molecular formula is C8H4Cl2O3S. The molecule has 0 saturated carbocycles. The first-order valence-electron chi connectivity index (χ1n) is 3.62. The molecule has 0 aliphatic heterocycles. The molecule has 3 nitrogen and oxygen atoms in total. The van der Waals surface area contributed by atoms with E-state index in [2.05, 4.69) is 0 Å². The molecule has 6 heteroatoms. The average Bonchev–Trinajstić information content (AvgIpc) is 2.44. The average molecular weight is 251 g/mol. The van der Waals surface area contributed by atoms with Crippen LogP contribution in [0.1, 0.15) is 0 Å². The van der Waals surface area contributed by atoms with Crippen LogP contribution in [0.3, 0.4) is 0 Å². The standard InChI is InChI=1S/C8H4Cl2O3S/c9-7-5-3-1-2-4-6(5)13-8(7)14(10,11)12/h1-4H. The molecule has 1 heterocycles. The van der Waals surface area contributed by atoms with Crippen LogP contribution in [0, 0.1) is 0 Å². The van der Waals surface area contributed by atoms with Gasteiger partial charge in [-0.2, -0.15) is 0 Å². The van der Waals surface area contributed by atoms with Gasteiger partial charge in [0.25, 0.3) is 14.1 Å². The molecule has 74 valence electrons. The van der Waals surface area contributed by atoms with Gasteiger partial charge in [-0.15, -0.1) is 0 Å². The highest BCUT2D eigenvalue weighted by molar-refractivity contribution is 8.13. The fraction of sp³-hybridized carbons (Fsp3) is 0. The first-order chi connectivity index (χ1) is 6.50. The fourth-order valence-corrected chi connectivity index (χ4v) is 2.61. The lowest BCUT2D eigenvalue weighted by atomic mass is 10.3. The zero-order valence-corrected chi connectivity index (χ0v) is 9.03. The maximum absolute atomic E-state index is 11.0. The van der Waals surface area contributed by atoms with Gasteiger partial charge in [0.15, 0.2) is 0 Å². The molecule has 0 spiro atoms. The number of furan rings is 1. The summed E-state index contributed by atoms with van der Waals surface area (Å²) in [6.07, 6.45) is 0. The zero-order chi connectivity index (χ0) is 10.3. The smallest absolute Gasteiger partial charge is 0.296 e. The van der Waals surface area contributed by atoms with Crippen LogP contribution in [0.4, 0.5) is 0 Å². The van der Waals surface area contributed by atoms with Crippen LogP contribution in [0.2, 0.25) is 5.02 Å². The largest absolute Gasteiger partial charge is 0.442 e. The lowest BCUT2D eigenvalue weighted by molar-refractivity contribution is 0.488. The molecule has 2 aromatic rings. The Morgan fingerprint density at radius 1 is 1.21 bits per heavy atom. The lowest BCUT2D eigenvalue weighted by Crippen LogP contribution is -1.86. The third kappa shape index (κ3) is 1.49. The summed E-state index contributed by atoms with van der Waals surface area (Å²) in [6.45, 7) is 0. The van der Waals surface area contributed by atoms with E-state index in [4.69, 9.17) is 26.7 Å². The molecule has 0 unspecified atom stereocenters. The number of hydrogen-bond acceptors (Lipinski definition) is 3. The molecule has 1 aromatic carbocycles. The minimum atomic E-state index is -3.92. The van der Waals surface area contributed by atoms with Gasteiger partial charge < -0.3 is 4.42 Å². The van der Waals surface area contributed by atoms with Crippen molar-refractivity contribution in [1.29, 1.82) is 0 Å².